The molecule has 1 heterocycles. The monoisotopic (exact) mass is 219 g/mol. The SMILES string of the molecule is CC.O=Cc1ccc(N2CCCCC2)cc1. The van der Waals surface area contributed by atoms with Gasteiger partial charge in [-0.2, -0.15) is 0 Å². The first-order valence-corrected chi connectivity index (χ1v) is 6.20. The molecule has 1 aromatic rings. The minimum atomic E-state index is 0.755. The van der Waals surface area contributed by atoms with Crippen molar-refractivity contribution in [3.63, 3.8) is 0 Å². The molecule has 1 aliphatic heterocycles. The third-order valence-electron chi connectivity index (χ3n) is 2.75. The van der Waals surface area contributed by atoms with E-state index < -0.39 is 0 Å². The second-order valence-electron chi connectivity index (χ2n) is 3.76. The Balaban J connectivity index is 0.000000606. The number of hydrogen-bond acceptors (Lipinski definition) is 2. The maximum atomic E-state index is 10.5. The predicted molar refractivity (Wildman–Crippen MR) is 69.2 cm³/mol. The Morgan fingerprint density at radius 2 is 1.56 bits per heavy atom. The standard InChI is InChI=1S/C12H15NO.C2H6/c14-10-11-4-6-12(7-5-11)13-8-2-1-3-9-13;1-2/h4-7,10H,1-3,8-9H2;1-2H3. The van der Waals surface area contributed by atoms with Crippen molar-refractivity contribution < 1.29 is 4.79 Å². The highest BCUT2D eigenvalue weighted by Gasteiger charge is 2.09. The third kappa shape index (κ3) is 3.37. The molecule has 2 nitrogen and oxygen atoms in total. The normalized spacial score (nSPS) is 15.0. The van der Waals surface area contributed by atoms with Crippen LogP contribution in [0, 0.1) is 0 Å². The molecule has 1 fully saturated rings. The van der Waals surface area contributed by atoms with E-state index in [0.717, 1.165) is 24.9 Å². The first-order chi connectivity index (χ1) is 7.90. The van der Waals surface area contributed by atoms with Crippen LogP contribution in [-0.4, -0.2) is 19.4 Å². The van der Waals surface area contributed by atoms with Crippen molar-refractivity contribution >= 4 is 12.0 Å². The average Bonchev–Trinajstić information content (AvgIpc) is 2.42. The zero-order valence-electron chi connectivity index (χ0n) is 10.3. The number of carbonyl (C=O) groups is 1. The lowest BCUT2D eigenvalue weighted by Gasteiger charge is -2.28. The smallest absolute Gasteiger partial charge is 0.150 e. The third-order valence-corrected chi connectivity index (χ3v) is 2.75. The second kappa shape index (κ2) is 7.04. The summed E-state index contributed by atoms with van der Waals surface area (Å²) in [7, 11) is 0. The molecule has 0 spiro atoms. The van der Waals surface area contributed by atoms with Crippen LogP contribution in [0.5, 0.6) is 0 Å². The number of benzene rings is 1. The largest absolute Gasteiger partial charge is 0.372 e. The van der Waals surface area contributed by atoms with Gasteiger partial charge >= 0.3 is 0 Å². The molecule has 1 saturated heterocycles. The van der Waals surface area contributed by atoms with Gasteiger partial charge in [-0.15, -0.1) is 0 Å². The van der Waals surface area contributed by atoms with Gasteiger partial charge in [0.15, 0.2) is 0 Å². The highest BCUT2D eigenvalue weighted by Crippen LogP contribution is 2.19. The van der Waals surface area contributed by atoms with E-state index >= 15 is 0 Å². The number of piperidine rings is 1. The van der Waals surface area contributed by atoms with E-state index in [-0.39, 0.29) is 0 Å². The number of carbonyl (C=O) groups excluding carboxylic acids is 1. The van der Waals surface area contributed by atoms with Gasteiger partial charge in [0.25, 0.3) is 0 Å². The molecule has 1 aliphatic rings. The lowest BCUT2D eigenvalue weighted by molar-refractivity contribution is 0.112. The Morgan fingerprint density at radius 3 is 2.06 bits per heavy atom. The summed E-state index contributed by atoms with van der Waals surface area (Å²) in [5.41, 5.74) is 2.00. The molecule has 0 aliphatic carbocycles. The minimum Gasteiger partial charge on any atom is -0.372 e. The highest BCUT2D eigenvalue weighted by atomic mass is 16.1. The molecule has 16 heavy (non-hydrogen) atoms. The molecule has 2 heteroatoms. The Kier molecular flexibility index (Phi) is 5.62. The van der Waals surface area contributed by atoms with E-state index in [2.05, 4.69) is 4.90 Å². The summed E-state index contributed by atoms with van der Waals surface area (Å²) in [5.74, 6) is 0. The van der Waals surface area contributed by atoms with Crippen LogP contribution in [0.1, 0.15) is 43.5 Å². The van der Waals surface area contributed by atoms with Gasteiger partial charge in [0, 0.05) is 24.3 Å². The van der Waals surface area contributed by atoms with Crippen molar-refractivity contribution in [2.24, 2.45) is 0 Å². The van der Waals surface area contributed by atoms with Crippen LogP contribution < -0.4 is 4.90 Å². The van der Waals surface area contributed by atoms with Crippen molar-refractivity contribution in [1.29, 1.82) is 0 Å². The fourth-order valence-corrected chi connectivity index (χ4v) is 1.92. The van der Waals surface area contributed by atoms with E-state index in [1.807, 2.05) is 38.1 Å². The summed E-state index contributed by atoms with van der Waals surface area (Å²) >= 11 is 0. The highest BCUT2D eigenvalue weighted by molar-refractivity contribution is 5.75. The van der Waals surface area contributed by atoms with E-state index in [1.165, 1.54) is 24.9 Å². The van der Waals surface area contributed by atoms with Crippen LogP contribution >= 0.6 is 0 Å². The fourth-order valence-electron chi connectivity index (χ4n) is 1.92. The van der Waals surface area contributed by atoms with Gasteiger partial charge in [0.2, 0.25) is 0 Å². The second-order valence-corrected chi connectivity index (χ2v) is 3.76. The van der Waals surface area contributed by atoms with E-state index in [1.54, 1.807) is 0 Å². The Hall–Kier alpha value is -1.31. The maximum absolute atomic E-state index is 10.5. The molecule has 0 saturated carbocycles. The van der Waals surface area contributed by atoms with Crippen molar-refractivity contribution in [1.82, 2.24) is 0 Å². The molecular formula is C14H21NO. The van der Waals surface area contributed by atoms with Crippen molar-refractivity contribution in [3.8, 4) is 0 Å². The number of aldehydes is 1. The summed E-state index contributed by atoms with van der Waals surface area (Å²) < 4.78 is 0. The zero-order chi connectivity index (χ0) is 11.8. The Labute approximate surface area is 98.3 Å². The Morgan fingerprint density at radius 1 is 1.00 bits per heavy atom. The minimum absolute atomic E-state index is 0.755. The lowest BCUT2D eigenvalue weighted by Crippen LogP contribution is -2.29. The zero-order valence-corrected chi connectivity index (χ0v) is 10.3. The van der Waals surface area contributed by atoms with Crippen LogP contribution in [0.25, 0.3) is 0 Å². The summed E-state index contributed by atoms with van der Waals surface area (Å²) in [6.07, 6.45) is 4.81. The molecule has 1 aromatic carbocycles. The van der Waals surface area contributed by atoms with Crippen LogP contribution in [-0.2, 0) is 0 Å². The summed E-state index contributed by atoms with van der Waals surface area (Å²) in [6.45, 7) is 6.31. The van der Waals surface area contributed by atoms with Crippen LogP contribution in [0.4, 0.5) is 5.69 Å². The molecule has 0 N–H and O–H groups in total. The Bertz CT molecular complexity index is 299. The van der Waals surface area contributed by atoms with E-state index in [4.69, 9.17) is 0 Å². The summed E-state index contributed by atoms with van der Waals surface area (Å²) in [6, 6.07) is 7.85. The van der Waals surface area contributed by atoms with Gasteiger partial charge < -0.3 is 4.90 Å². The van der Waals surface area contributed by atoms with Gasteiger partial charge in [-0.25, -0.2) is 0 Å². The molecule has 88 valence electrons. The molecule has 0 unspecified atom stereocenters. The molecule has 0 aromatic heterocycles. The number of nitrogens with zero attached hydrogens (tertiary/aromatic N) is 1. The number of anilines is 1. The van der Waals surface area contributed by atoms with Gasteiger partial charge in [-0.05, 0) is 43.5 Å². The lowest BCUT2D eigenvalue weighted by atomic mass is 10.1. The van der Waals surface area contributed by atoms with Crippen LogP contribution in [0.2, 0.25) is 0 Å². The van der Waals surface area contributed by atoms with Crippen molar-refractivity contribution in [2.75, 3.05) is 18.0 Å². The number of rotatable bonds is 2. The van der Waals surface area contributed by atoms with Crippen LogP contribution in [0.15, 0.2) is 24.3 Å². The molecule has 0 bridgehead atoms. The molecule has 0 atom stereocenters. The van der Waals surface area contributed by atoms with Crippen molar-refractivity contribution in [2.45, 2.75) is 33.1 Å². The van der Waals surface area contributed by atoms with Gasteiger partial charge in [-0.3, -0.25) is 4.79 Å². The maximum Gasteiger partial charge on any atom is 0.150 e. The van der Waals surface area contributed by atoms with Gasteiger partial charge in [-0.1, -0.05) is 13.8 Å². The van der Waals surface area contributed by atoms with Crippen LogP contribution in [0.3, 0.4) is 0 Å². The molecular weight excluding hydrogens is 198 g/mol. The summed E-state index contributed by atoms with van der Waals surface area (Å²) in [4.78, 5) is 12.9. The fraction of sp³-hybridized carbons (Fsp3) is 0.500. The van der Waals surface area contributed by atoms with E-state index in [0.29, 0.717) is 0 Å². The van der Waals surface area contributed by atoms with E-state index in [9.17, 15) is 4.79 Å². The predicted octanol–water partition coefficient (Wildman–Crippen LogP) is 3.52. The van der Waals surface area contributed by atoms with Crippen molar-refractivity contribution in [3.05, 3.63) is 29.8 Å². The quantitative estimate of drug-likeness (QED) is 0.709. The number of hydrogen-bond donors (Lipinski definition) is 0. The topological polar surface area (TPSA) is 20.3 Å². The molecule has 0 radical (unpaired) electrons. The van der Waals surface area contributed by atoms with Gasteiger partial charge in [0.1, 0.15) is 6.29 Å². The van der Waals surface area contributed by atoms with Gasteiger partial charge in [0.05, 0.1) is 0 Å². The average molecular weight is 219 g/mol. The first kappa shape index (κ1) is 12.8. The first-order valence-electron chi connectivity index (χ1n) is 6.20. The summed E-state index contributed by atoms with van der Waals surface area (Å²) in [5, 5.41) is 0. The molecule has 0 amide bonds. The molecule has 2 rings (SSSR count).